The highest BCUT2D eigenvalue weighted by Crippen LogP contribution is 2.44. The fraction of sp³-hybridized carbons (Fsp3) is 0.348. The van der Waals surface area contributed by atoms with Gasteiger partial charge in [-0.15, -0.1) is 0 Å². The molecule has 3 rings (SSSR count). The predicted octanol–water partition coefficient (Wildman–Crippen LogP) is 3.14. The summed E-state index contributed by atoms with van der Waals surface area (Å²) in [5.41, 5.74) is 4.46. The Hall–Kier alpha value is -3.35. The van der Waals surface area contributed by atoms with Gasteiger partial charge in [0.05, 0.1) is 0 Å². The molecule has 0 radical (unpaired) electrons. The normalized spacial score (nSPS) is 14.2. The molecule has 0 heterocycles. The van der Waals surface area contributed by atoms with Gasteiger partial charge in [-0.2, -0.15) is 0 Å². The van der Waals surface area contributed by atoms with Crippen LogP contribution in [0.2, 0.25) is 0 Å². The largest absolute Gasteiger partial charge is 0.480 e. The summed E-state index contributed by atoms with van der Waals surface area (Å²) in [7, 11) is 0. The van der Waals surface area contributed by atoms with Crippen molar-refractivity contribution in [1.82, 2.24) is 10.6 Å². The molecule has 0 aliphatic heterocycles. The van der Waals surface area contributed by atoms with Crippen LogP contribution in [0.3, 0.4) is 0 Å². The second kappa shape index (κ2) is 9.43. The lowest BCUT2D eigenvalue weighted by molar-refractivity contribution is -0.143. The van der Waals surface area contributed by atoms with Crippen LogP contribution in [0.5, 0.6) is 0 Å². The number of alkyl carbamates (subject to hydrolysis) is 1. The highest BCUT2D eigenvalue weighted by Gasteiger charge is 2.29. The van der Waals surface area contributed by atoms with Crippen molar-refractivity contribution < 1.29 is 24.2 Å². The van der Waals surface area contributed by atoms with Crippen molar-refractivity contribution in [3.8, 4) is 11.1 Å². The first-order valence-corrected chi connectivity index (χ1v) is 10.0. The summed E-state index contributed by atoms with van der Waals surface area (Å²) < 4.78 is 5.36. The fourth-order valence-corrected chi connectivity index (χ4v) is 3.71. The summed E-state index contributed by atoms with van der Waals surface area (Å²) in [6.45, 7) is 3.39. The standard InChI is InChI=1S/C23H26N2O5/c1-3-14(2)21(22(27)28)25-20(26)12-24-23(29)30-13-19-17-10-6-4-8-15(17)16-9-5-7-11-18(16)19/h4-11,14,19,21H,3,12-13H2,1-2H3,(H,24,29)(H,25,26)(H,27,28)/t14?,21-/m0/s1. The third-order valence-electron chi connectivity index (χ3n) is 5.53. The number of fused-ring (bicyclic) bond motifs is 3. The third-order valence-corrected chi connectivity index (χ3v) is 5.53. The van der Waals surface area contributed by atoms with Crippen LogP contribution < -0.4 is 10.6 Å². The van der Waals surface area contributed by atoms with Crippen molar-refractivity contribution in [2.45, 2.75) is 32.2 Å². The second-order valence-corrected chi connectivity index (χ2v) is 7.45. The number of ether oxygens (including phenoxy) is 1. The molecule has 3 N–H and O–H groups in total. The minimum absolute atomic E-state index is 0.0706. The zero-order chi connectivity index (χ0) is 21.7. The molecule has 1 aliphatic carbocycles. The molecule has 1 unspecified atom stereocenters. The van der Waals surface area contributed by atoms with Crippen LogP contribution in [0, 0.1) is 5.92 Å². The average molecular weight is 410 g/mol. The molecular weight excluding hydrogens is 384 g/mol. The van der Waals surface area contributed by atoms with E-state index in [-0.39, 0.29) is 25.0 Å². The molecule has 7 nitrogen and oxygen atoms in total. The maximum absolute atomic E-state index is 12.1. The molecule has 0 saturated heterocycles. The lowest BCUT2D eigenvalue weighted by atomic mass is 9.98. The van der Waals surface area contributed by atoms with Crippen LogP contribution in [0.15, 0.2) is 48.5 Å². The van der Waals surface area contributed by atoms with Crippen LogP contribution in [0.1, 0.15) is 37.3 Å². The first-order valence-electron chi connectivity index (χ1n) is 10.0. The van der Waals surface area contributed by atoms with Crippen molar-refractivity contribution in [1.29, 1.82) is 0 Å². The first-order chi connectivity index (χ1) is 14.4. The van der Waals surface area contributed by atoms with Gasteiger partial charge in [0.15, 0.2) is 0 Å². The van der Waals surface area contributed by atoms with Crippen LogP contribution in [-0.2, 0) is 14.3 Å². The number of nitrogens with one attached hydrogen (secondary N) is 2. The Morgan fingerprint density at radius 2 is 1.60 bits per heavy atom. The summed E-state index contributed by atoms with van der Waals surface area (Å²) in [5.74, 6) is -1.96. The van der Waals surface area contributed by atoms with E-state index >= 15 is 0 Å². The quantitative estimate of drug-likeness (QED) is 0.620. The third kappa shape index (κ3) is 4.62. The number of aliphatic carboxylic acids is 1. The predicted molar refractivity (Wildman–Crippen MR) is 112 cm³/mol. The van der Waals surface area contributed by atoms with Gasteiger partial charge >= 0.3 is 12.1 Å². The topological polar surface area (TPSA) is 105 Å². The van der Waals surface area contributed by atoms with E-state index in [0.29, 0.717) is 6.42 Å². The Balaban J connectivity index is 1.54. The molecule has 2 amide bonds. The van der Waals surface area contributed by atoms with E-state index in [1.807, 2.05) is 43.3 Å². The van der Waals surface area contributed by atoms with E-state index in [1.165, 1.54) is 0 Å². The Morgan fingerprint density at radius 1 is 1.03 bits per heavy atom. The summed E-state index contributed by atoms with van der Waals surface area (Å²) in [6, 6.07) is 15.0. The van der Waals surface area contributed by atoms with Crippen LogP contribution in [-0.4, -0.2) is 42.3 Å². The fourth-order valence-electron chi connectivity index (χ4n) is 3.71. The molecule has 0 spiro atoms. The van der Waals surface area contributed by atoms with Gasteiger partial charge in [0.1, 0.15) is 19.2 Å². The molecule has 1 aliphatic rings. The number of amides is 2. The van der Waals surface area contributed by atoms with Crippen molar-refractivity contribution in [3.63, 3.8) is 0 Å². The average Bonchev–Trinajstić information content (AvgIpc) is 3.07. The van der Waals surface area contributed by atoms with Crippen LogP contribution >= 0.6 is 0 Å². The molecule has 2 atom stereocenters. The molecule has 2 aromatic rings. The SMILES string of the molecule is CCC(C)[C@H](NC(=O)CNC(=O)OCC1c2ccccc2-c2ccccc21)C(=O)O. The van der Waals surface area contributed by atoms with Crippen molar-refractivity contribution in [3.05, 3.63) is 59.7 Å². The minimum atomic E-state index is -1.10. The molecule has 30 heavy (non-hydrogen) atoms. The van der Waals surface area contributed by atoms with E-state index < -0.39 is 24.0 Å². The number of benzene rings is 2. The smallest absolute Gasteiger partial charge is 0.407 e. The molecule has 2 aromatic carbocycles. The Morgan fingerprint density at radius 3 is 2.13 bits per heavy atom. The van der Waals surface area contributed by atoms with Gasteiger partial charge in [0.25, 0.3) is 0 Å². The Bertz CT molecular complexity index is 897. The van der Waals surface area contributed by atoms with Crippen molar-refractivity contribution >= 4 is 18.0 Å². The lowest BCUT2D eigenvalue weighted by Crippen LogP contribution is -2.48. The van der Waals surface area contributed by atoms with E-state index in [9.17, 15) is 19.5 Å². The molecular formula is C23H26N2O5. The summed E-state index contributed by atoms with van der Waals surface area (Å²) in [6.07, 6.45) is -0.112. The number of carboxylic acid groups (broad SMARTS) is 1. The Kier molecular flexibility index (Phi) is 6.72. The highest BCUT2D eigenvalue weighted by molar-refractivity contribution is 5.86. The number of hydrogen-bond acceptors (Lipinski definition) is 4. The minimum Gasteiger partial charge on any atom is -0.480 e. The molecule has 0 fully saturated rings. The van der Waals surface area contributed by atoms with Gasteiger partial charge in [-0.05, 0) is 28.2 Å². The van der Waals surface area contributed by atoms with Crippen LogP contribution in [0.4, 0.5) is 4.79 Å². The maximum Gasteiger partial charge on any atom is 0.407 e. The summed E-state index contributed by atoms with van der Waals surface area (Å²) in [5, 5.41) is 14.1. The van der Waals surface area contributed by atoms with E-state index in [4.69, 9.17) is 4.74 Å². The highest BCUT2D eigenvalue weighted by atomic mass is 16.5. The second-order valence-electron chi connectivity index (χ2n) is 7.45. The zero-order valence-corrected chi connectivity index (χ0v) is 17.1. The molecule has 158 valence electrons. The van der Waals surface area contributed by atoms with Crippen LogP contribution in [0.25, 0.3) is 11.1 Å². The van der Waals surface area contributed by atoms with Crippen molar-refractivity contribution in [2.24, 2.45) is 5.92 Å². The van der Waals surface area contributed by atoms with E-state index in [2.05, 4.69) is 22.8 Å². The maximum atomic E-state index is 12.1. The van der Waals surface area contributed by atoms with Gasteiger partial charge in [-0.25, -0.2) is 9.59 Å². The van der Waals surface area contributed by atoms with Crippen molar-refractivity contribution in [2.75, 3.05) is 13.2 Å². The monoisotopic (exact) mass is 410 g/mol. The van der Waals surface area contributed by atoms with Gasteiger partial charge in [-0.3, -0.25) is 4.79 Å². The van der Waals surface area contributed by atoms with Gasteiger partial charge in [0, 0.05) is 5.92 Å². The number of rotatable bonds is 8. The van der Waals surface area contributed by atoms with Gasteiger partial charge < -0.3 is 20.5 Å². The molecule has 0 bridgehead atoms. The lowest BCUT2D eigenvalue weighted by Gasteiger charge is -2.20. The summed E-state index contributed by atoms with van der Waals surface area (Å²) >= 11 is 0. The molecule has 0 aromatic heterocycles. The van der Waals surface area contributed by atoms with Gasteiger partial charge in [-0.1, -0.05) is 68.8 Å². The summed E-state index contributed by atoms with van der Waals surface area (Å²) in [4.78, 5) is 35.4. The Labute approximate surface area is 175 Å². The zero-order valence-electron chi connectivity index (χ0n) is 17.1. The molecule has 7 heteroatoms. The van der Waals surface area contributed by atoms with Gasteiger partial charge in [0.2, 0.25) is 5.91 Å². The number of carbonyl (C=O) groups is 3. The molecule has 0 saturated carbocycles. The van der Waals surface area contributed by atoms with E-state index in [0.717, 1.165) is 22.3 Å². The van der Waals surface area contributed by atoms with E-state index in [1.54, 1.807) is 6.92 Å². The first kappa shape index (κ1) is 21.4. The number of carboxylic acids is 1. The number of hydrogen-bond donors (Lipinski definition) is 3. The number of carbonyl (C=O) groups excluding carboxylic acids is 2.